The van der Waals surface area contributed by atoms with Crippen molar-refractivity contribution >= 4 is 11.9 Å². The Bertz CT molecular complexity index is 1080. The Morgan fingerprint density at radius 2 is 0.639 bits per heavy atom. The van der Waals surface area contributed by atoms with Crippen LogP contribution in [0.3, 0.4) is 0 Å². The van der Waals surface area contributed by atoms with Gasteiger partial charge >= 0.3 is 5.97 Å². The van der Waals surface area contributed by atoms with Crippen molar-refractivity contribution in [3.63, 3.8) is 0 Å². The van der Waals surface area contributed by atoms with E-state index in [2.05, 4.69) is 19.2 Å². The summed E-state index contributed by atoms with van der Waals surface area (Å²) in [6, 6.07) is -0.626. The Kier molecular flexibility index (Phi) is 60.9. The Morgan fingerprint density at radius 1 is 0.375 bits per heavy atom. The second-order valence-electron chi connectivity index (χ2n) is 22.8. The van der Waals surface area contributed by atoms with Gasteiger partial charge in [0, 0.05) is 12.8 Å². The lowest BCUT2D eigenvalue weighted by Crippen LogP contribution is -2.45. The first-order valence-electron chi connectivity index (χ1n) is 33.0. The van der Waals surface area contributed by atoms with Crippen LogP contribution in [-0.2, 0) is 14.3 Å². The summed E-state index contributed by atoms with van der Waals surface area (Å²) < 4.78 is 5.47. The van der Waals surface area contributed by atoms with E-state index < -0.39 is 12.1 Å². The van der Waals surface area contributed by atoms with E-state index in [0.717, 1.165) is 38.5 Å². The summed E-state index contributed by atoms with van der Waals surface area (Å²) in [4.78, 5) is 24.5. The first kappa shape index (κ1) is 70.6. The predicted molar refractivity (Wildman–Crippen MR) is 315 cm³/mol. The zero-order valence-electron chi connectivity index (χ0n) is 48.9. The highest BCUT2D eigenvalue weighted by Gasteiger charge is 2.18. The number of unbranched alkanes of at least 4 members (excludes halogenated alkanes) is 51. The zero-order valence-corrected chi connectivity index (χ0v) is 48.9. The van der Waals surface area contributed by atoms with Gasteiger partial charge in [-0.2, -0.15) is 0 Å². The molecule has 3 N–H and O–H groups in total. The standard InChI is InChI=1S/C66H129NO5/c1-3-5-7-9-11-13-15-16-17-18-26-29-32-35-39-42-46-50-54-58-64(69)63(62-68)67-65(70)59-55-51-47-43-40-36-33-30-27-24-22-20-19-21-23-25-28-31-34-37-41-45-49-53-57-61-72-66(71)60-56-52-48-44-38-14-12-10-8-6-4-2/h54,58,63-64,68-69H,3-53,55-57,59-62H2,1-2H3,(H,67,70)/b58-54+. The summed E-state index contributed by atoms with van der Waals surface area (Å²) >= 11 is 0. The van der Waals surface area contributed by atoms with Crippen LogP contribution < -0.4 is 5.32 Å². The Hall–Kier alpha value is -1.40. The molecule has 0 fully saturated rings. The van der Waals surface area contributed by atoms with Crippen molar-refractivity contribution in [3.05, 3.63) is 12.2 Å². The molecular weight excluding hydrogens is 887 g/mol. The summed E-state index contributed by atoms with van der Waals surface area (Å²) in [5, 5.41) is 23.2. The molecule has 0 aliphatic rings. The van der Waals surface area contributed by atoms with E-state index in [0.29, 0.717) is 19.4 Å². The smallest absolute Gasteiger partial charge is 0.305 e. The first-order chi connectivity index (χ1) is 35.5. The molecular formula is C66H129NO5. The number of hydrogen-bond acceptors (Lipinski definition) is 5. The van der Waals surface area contributed by atoms with E-state index in [9.17, 15) is 19.8 Å². The molecule has 0 aromatic heterocycles. The number of aliphatic hydroxyl groups is 2. The average molecular weight is 1020 g/mol. The molecule has 0 bridgehead atoms. The molecule has 6 heteroatoms. The minimum Gasteiger partial charge on any atom is -0.466 e. The SMILES string of the molecule is CCCCCCCCCCCCCCCCCCC/C=C/C(O)C(CO)NC(=O)CCCCCCCCCCCCCCCCCCCCCCCCCCCOC(=O)CCCCCCCCCCCCC. The number of amides is 1. The maximum atomic E-state index is 12.5. The van der Waals surface area contributed by atoms with Crippen LogP contribution in [0.15, 0.2) is 12.2 Å². The van der Waals surface area contributed by atoms with E-state index >= 15 is 0 Å². The normalized spacial score (nSPS) is 12.6. The van der Waals surface area contributed by atoms with Gasteiger partial charge < -0.3 is 20.3 Å². The largest absolute Gasteiger partial charge is 0.466 e. The van der Waals surface area contributed by atoms with Crippen molar-refractivity contribution in [3.8, 4) is 0 Å². The van der Waals surface area contributed by atoms with E-state index in [1.807, 2.05) is 6.08 Å². The lowest BCUT2D eigenvalue weighted by Gasteiger charge is -2.20. The molecule has 428 valence electrons. The van der Waals surface area contributed by atoms with E-state index in [-0.39, 0.29) is 18.5 Å². The van der Waals surface area contributed by atoms with Crippen molar-refractivity contribution in [2.24, 2.45) is 0 Å². The van der Waals surface area contributed by atoms with Gasteiger partial charge in [-0.3, -0.25) is 9.59 Å². The van der Waals surface area contributed by atoms with Gasteiger partial charge in [-0.15, -0.1) is 0 Å². The van der Waals surface area contributed by atoms with Gasteiger partial charge in [-0.1, -0.05) is 341 Å². The lowest BCUT2D eigenvalue weighted by molar-refractivity contribution is -0.143. The highest BCUT2D eigenvalue weighted by atomic mass is 16.5. The average Bonchev–Trinajstić information content (AvgIpc) is 3.38. The topological polar surface area (TPSA) is 95.9 Å². The molecule has 0 saturated heterocycles. The fourth-order valence-corrected chi connectivity index (χ4v) is 10.5. The van der Waals surface area contributed by atoms with Crippen LogP contribution in [0.1, 0.15) is 373 Å². The van der Waals surface area contributed by atoms with Crippen molar-refractivity contribution < 1.29 is 24.5 Å². The number of hydrogen-bond donors (Lipinski definition) is 3. The predicted octanol–water partition coefficient (Wildman–Crippen LogP) is 20.8. The van der Waals surface area contributed by atoms with Gasteiger partial charge in [-0.25, -0.2) is 0 Å². The second kappa shape index (κ2) is 62.1. The molecule has 0 aliphatic heterocycles. The maximum Gasteiger partial charge on any atom is 0.305 e. The zero-order chi connectivity index (χ0) is 52.2. The first-order valence-corrected chi connectivity index (χ1v) is 33.0. The Balaban J connectivity index is 3.39. The van der Waals surface area contributed by atoms with Crippen LogP contribution in [0, 0.1) is 0 Å². The highest BCUT2D eigenvalue weighted by molar-refractivity contribution is 5.76. The Morgan fingerprint density at radius 3 is 0.944 bits per heavy atom. The van der Waals surface area contributed by atoms with Crippen molar-refractivity contribution in [2.45, 2.75) is 386 Å². The van der Waals surface area contributed by atoms with Crippen molar-refractivity contribution in [1.82, 2.24) is 5.32 Å². The van der Waals surface area contributed by atoms with Crippen LogP contribution in [0.2, 0.25) is 0 Å². The van der Waals surface area contributed by atoms with Crippen LogP contribution in [0.5, 0.6) is 0 Å². The molecule has 2 unspecified atom stereocenters. The van der Waals surface area contributed by atoms with Gasteiger partial charge in [0.15, 0.2) is 0 Å². The number of allylic oxidation sites excluding steroid dienone is 1. The third-order valence-electron chi connectivity index (χ3n) is 15.6. The minimum absolute atomic E-state index is 0.0164. The fraction of sp³-hybridized carbons (Fsp3) is 0.939. The van der Waals surface area contributed by atoms with Crippen molar-refractivity contribution in [2.75, 3.05) is 13.2 Å². The summed E-state index contributed by atoms with van der Waals surface area (Å²) in [5.41, 5.74) is 0. The second-order valence-corrected chi connectivity index (χ2v) is 22.8. The molecule has 2 atom stereocenters. The van der Waals surface area contributed by atoms with Crippen LogP contribution in [0.4, 0.5) is 0 Å². The molecule has 0 saturated carbocycles. The van der Waals surface area contributed by atoms with Crippen LogP contribution >= 0.6 is 0 Å². The van der Waals surface area contributed by atoms with E-state index in [1.54, 1.807) is 6.08 Å². The summed E-state index contributed by atoms with van der Waals surface area (Å²) in [6.45, 7) is 4.94. The molecule has 1 amide bonds. The molecule has 0 spiro atoms. The summed E-state index contributed by atoms with van der Waals surface area (Å²) in [6.07, 6.45) is 75.6. The molecule has 0 aromatic carbocycles. The molecule has 0 aliphatic carbocycles. The third kappa shape index (κ3) is 57.9. The number of esters is 1. The maximum absolute atomic E-state index is 12.5. The fourth-order valence-electron chi connectivity index (χ4n) is 10.5. The minimum atomic E-state index is -0.843. The molecule has 0 heterocycles. The number of rotatable bonds is 62. The van der Waals surface area contributed by atoms with Crippen LogP contribution in [-0.4, -0.2) is 47.4 Å². The molecule has 0 radical (unpaired) electrons. The van der Waals surface area contributed by atoms with Crippen molar-refractivity contribution in [1.29, 1.82) is 0 Å². The van der Waals surface area contributed by atoms with Gasteiger partial charge in [0.25, 0.3) is 0 Å². The number of ether oxygens (including phenoxy) is 1. The lowest BCUT2D eigenvalue weighted by atomic mass is 10.0. The summed E-state index contributed by atoms with van der Waals surface area (Å²) in [5.74, 6) is -0.0460. The van der Waals surface area contributed by atoms with Crippen LogP contribution in [0.25, 0.3) is 0 Å². The quantitative estimate of drug-likeness (QED) is 0.0320. The van der Waals surface area contributed by atoms with Gasteiger partial charge in [-0.05, 0) is 32.1 Å². The molecule has 0 aromatic rings. The van der Waals surface area contributed by atoms with Gasteiger partial charge in [0.2, 0.25) is 5.91 Å². The van der Waals surface area contributed by atoms with Gasteiger partial charge in [0.05, 0.1) is 25.4 Å². The van der Waals surface area contributed by atoms with E-state index in [1.165, 1.54) is 308 Å². The molecule has 6 nitrogen and oxygen atoms in total. The Labute approximate surface area is 450 Å². The number of aliphatic hydroxyl groups excluding tert-OH is 2. The molecule has 72 heavy (non-hydrogen) atoms. The summed E-state index contributed by atoms with van der Waals surface area (Å²) in [7, 11) is 0. The van der Waals surface area contributed by atoms with Gasteiger partial charge in [0.1, 0.15) is 0 Å². The molecule has 0 rings (SSSR count). The highest BCUT2D eigenvalue weighted by Crippen LogP contribution is 2.19. The van der Waals surface area contributed by atoms with E-state index in [4.69, 9.17) is 4.74 Å². The number of carbonyl (C=O) groups is 2. The monoisotopic (exact) mass is 1020 g/mol. The number of carbonyl (C=O) groups excluding carboxylic acids is 2. The number of nitrogens with one attached hydrogen (secondary N) is 1. The third-order valence-corrected chi connectivity index (χ3v) is 15.6.